The molecule has 6 nitrogen and oxygen atoms in total. The maximum absolute atomic E-state index is 12.5. The quantitative estimate of drug-likeness (QED) is 0.0313. The lowest BCUT2D eigenvalue weighted by Gasteiger charge is -2.27. The van der Waals surface area contributed by atoms with Gasteiger partial charge in [-0.3, -0.25) is 4.79 Å². The van der Waals surface area contributed by atoms with E-state index in [1.807, 2.05) is 0 Å². The van der Waals surface area contributed by atoms with Gasteiger partial charge < -0.3 is 25.7 Å². The highest BCUT2D eigenvalue weighted by Crippen LogP contribution is 2.17. The van der Waals surface area contributed by atoms with Crippen LogP contribution in [0.4, 0.5) is 0 Å². The van der Waals surface area contributed by atoms with Gasteiger partial charge in [0.25, 0.3) is 0 Å². The molecule has 1 amide bonds. The van der Waals surface area contributed by atoms with Crippen LogP contribution in [0.15, 0.2) is 12.2 Å². The molecule has 0 aromatic rings. The van der Waals surface area contributed by atoms with Crippen molar-refractivity contribution in [3.8, 4) is 0 Å². The molecular weight excluding hydrogens is 671 g/mol. The summed E-state index contributed by atoms with van der Waals surface area (Å²) in [6.07, 6.45) is 48.5. The Hall–Kier alpha value is -0.950. The molecule has 0 radical (unpaired) electrons. The highest BCUT2D eigenvalue weighted by atomic mass is 16.3. The molecule has 0 aliphatic carbocycles. The Labute approximate surface area is 336 Å². The molecule has 0 bridgehead atoms. The molecule has 0 aromatic heterocycles. The van der Waals surface area contributed by atoms with Crippen molar-refractivity contribution in [3.05, 3.63) is 12.2 Å². The maximum atomic E-state index is 12.5. The summed E-state index contributed by atoms with van der Waals surface area (Å²) in [6, 6.07) is -0.996. The van der Waals surface area contributed by atoms with Crippen LogP contribution in [0.3, 0.4) is 0 Å². The first-order chi connectivity index (χ1) is 26.5. The molecule has 0 aliphatic rings. The Balaban J connectivity index is 3.59. The predicted octanol–water partition coefficient (Wildman–Crippen LogP) is 13.0. The summed E-state index contributed by atoms with van der Waals surface area (Å²) in [7, 11) is 0. The number of aliphatic hydroxyl groups excluding tert-OH is 4. The van der Waals surface area contributed by atoms with Crippen LogP contribution in [-0.4, -0.2) is 57.3 Å². The third-order valence-corrected chi connectivity index (χ3v) is 11.5. The van der Waals surface area contributed by atoms with E-state index in [0.29, 0.717) is 12.8 Å². The molecule has 0 aromatic carbocycles. The average molecular weight is 766 g/mol. The molecular formula is C48H95NO5. The lowest BCUT2D eigenvalue weighted by molar-refractivity contribution is -0.132. The fourth-order valence-electron chi connectivity index (χ4n) is 7.64. The van der Waals surface area contributed by atoms with Gasteiger partial charge in [-0.1, -0.05) is 231 Å². The first-order valence-electron chi connectivity index (χ1n) is 24.1. The zero-order valence-corrected chi connectivity index (χ0v) is 36.2. The van der Waals surface area contributed by atoms with E-state index < -0.39 is 36.9 Å². The van der Waals surface area contributed by atoms with E-state index in [0.717, 1.165) is 38.5 Å². The normalized spacial score (nSPS) is 14.1. The largest absolute Gasteiger partial charge is 0.394 e. The van der Waals surface area contributed by atoms with E-state index in [4.69, 9.17) is 0 Å². The van der Waals surface area contributed by atoms with Gasteiger partial charge in [-0.2, -0.15) is 0 Å². The number of hydrogen-bond donors (Lipinski definition) is 5. The molecule has 322 valence electrons. The third-order valence-electron chi connectivity index (χ3n) is 11.5. The molecule has 54 heavy (non-hydrogen) atoms. The fraction of sp³-hybridized carbons (Fsp3) is 0.938. The molecule has 5 N–H and O–H groups in total. The number of amides is 1. The van der Waals surface area contributed by atoms with E-state index >= 15 is 0 Å². The summed E-state index contributed by atoms with van der Waals surface area (Å²) in [5, 5.41) is 43.6. The van der Waals surface area contributed by atoms with E-state index in [-0.39, 0.29) is 0 Å². The minimum atomic E-state index is -1.28. The van der Waals surface area contributed by atoms with Crippen molar-refractivity contribution in [2.75, 3.05) is 6.61 Å². The topological polar surface area (TPSA) is 110 Å². The molecule has 0 rings (SSSR count). The lowest BCUT2D eigenvalue weighted by Crippen LogP contribution is -2.53. The molecule has 4 atom stereocenters. The van der Waals surface area contributed by atoms with Crippen LogP contribution in [0.1, 0.15) is 258 Å². The Morgan fingerprint density at radius 3 is 1.11 bits per heavy atom. The van der Waals surface area contributed by atoms with Crippen molar-refractivity contribution in [1.29, 1.82) is 0 Å². The second kappa shape index (κ2) is 43.2. The minimum absolute atomic E-state index is 0.368. The minimum Gasteiger partial charge on any atom is -0.394 e. The molecule has 4 unspecified atom stereocenters. The van der Waals surface area contributed by atoms with E-state index in [2.05, 4.69) is 31.3 Å². The van der Waals surface area contributed by atoms with Gasteiger partial charge in [0.15, 0.2) is 0 Å². The van der Waals surface area contributed by atoms with Crippen LogP contribution in [0.25, 0.3) is 0 Å². The Morgan fingerprint density at radius 1 is 0.444 bits per heavy atom. The highest BCUT2D eigenvalue weighted by Gasteiger charge is 2.28. The van der Waals surface area contributed by atoms with Gasteiger partial charge in [0.05, 0.1) is 18.8 Å². The van der Waals surface area contributed by atoms with Gasteiger partial charge in [0.2, 0.25) is 5.91 Å². The third kappa shape index (κ3) is 36.7. The van der Waals surface area contributed by atoms with Crippen molar-refractivity contribution in [3.63, 3.8) is 0 Å². The van der Waals surface area contributed by atoms with Gasteiger partial charge in [-0.25, -0.2) is 0 Å². The maximum Gasteiger partial charge on any atom is 0.249 e. The summed E-state index contributed by atoms with van der Waals surface area (Å²) in [4.78, 5) is 12.5. The van der Waals surface area contributed by atoms with Gasteiger partial charge in [-0.05, 0) is 38.5 Å². The molecule has 0 aliphatic heterocycles. The zero-order chi connectivity index (χ0) is 39.6. The Kier molecular flexibility index (Phi) is 42.4. The van der Waals surface area contributed by atoms with Gasteiger partial charge in [0, 0.05) is 0 Å². The van der Waals surface area contributed by atoms with Gasteiger partial charge in [-0.15, -0.1) is 0 Å². The highest BCUT2D eigenvalue weighted by molar-refractivity contribution is 5.80. The van der Waals surface area contributed by atoms with Crippen LogP contribution in [0.2, 0.25) is 0 Å². The number of unbranched alkanes of at least 4 members (excludes halogenated alkanes) is 33. The van der Waals surface area contributed by atoms with Crippen LogP contribution >= 0.6 is 0 Å². The first-order valence-corrected chi connectivity index (χ1v) is 24.1. The van der Waals surface area contributed by atoms with Crippen molar-refractivity contribution >= 4 is 5.91 Å². The van der Waals surface area contributed by atoms with Crippen molar-refractivity contribution < 1.29 is 25.2 Å². The average Bonchev–Trinajstić information content (AvgIpc) is 3.18. The molecule has 0 fully saturated rings. The number of hydrogen-bond acceptors (Lipinski definition) is 5. The van der Waals surface area contributed by atoms with Crippen LogP contribution in [0, 0.1) is 0 Å². The SMILES string of the molecule is CCCCCCCC/C=C/CCCC(O)C(O)C(CO)NC(=O)C(O)CCCCCCCCCCCCCCCCCCCCCCCCCCCCC. The second-order valence-corrected chi connectivity index (χ2v) is 16.8. The standard InChI is InChI=1S/C48H95NO5/c1-3-5-7-9-11-13-15-16-17-18-19-20-21-22-23-24-25-26-27-28-29-30-32-34-36-38-40-42-46(52)48(54)49-44(43-50)47(53)45(51)41-39-37-35-33-31-14-12-10-8-6-4-2/h33,35,44-47,50-53H,3-32,34,36-43H2,1-2H3,(H,49,54)/b35-33+. The summed E-state index contributed by atoms with van der Waals surface area (Å²) in [6.45, 7) is 4.03. The fourth-order valence-corrected chi connectivity index (χ4v) is 7.64. The second-order valence-electron chi connectivity index (χ2n) is 16.8. The Bertz CT molecular complexity index is 776. The molecule has 0 spiro atoms. The summed E-state index contributed by atoms with van der Waals surface area (Å²) < 4.78 is 0. The Morgan fingerprint density at radius 2 is 0.759 bits per heavy atom. The number of aliphatic hydroxyl groups is 4. The van der Waals surface area contributed by atoms with Crippen LogP contribution in [-0.2, 0) is 4.79 Å². The van der Waals surface area contributed by atoms with E-state index in [1.165, 1.54) is 193 Å². The van der Waals surface area contributed by atoms with Crippen molar-refractivity contribution in [2.45, 2.75) is 282 Å². The molecule has 6 heteroatoms. The van der Waals surface area contributed by atoms with Crippen LogP contribution in [0.5, 0.6) is 0 Å². The summed E-state index contributed by atoms with van der Waals surface area (Å²) in [5.74, 6) is -0.590. The summed E-state index contributed by atoms with van der Waals surface area (Å²) in [5.41, 5.74) is 0. The number of allylic oxidation sites excluding steroid dienone is 2. The van der Waals surface area contributed by atoms with Gasteiger partial charge in [0.1, 0.15) is 12.2 Å². The smallest absolute Gasteiger partial charge is 0.249 e. The predicted molar refractivity (Wildman–Crippen MR) is 233 cm³/mol. The van der Waals surface area contributed by atoms with Gasteiger partial charge >= 0.3 is 0 Å². The van der Waals surface area contributed by atoms with Crippen molar-refractivity contribution in [1.82, 2.24) is 5.32 Å². The zero-order valence-electron chi connectivity index (χ0n) is 36.2. The number of carbonyl (C=O) groups excluding carboxylic acids is 1. The number of carbonyl (C=O) groups is 1. The number of rotatable bonds is 44. The van der Waals surface area contributed by atoms with Crippen molar-refractivity contribution in [2.24, 2.45) is 0 Å². The molecule has 0 saturated carbocycles. The molecule has 0 saturated heterocycles. The lowest BCUT2D eigenvalue weighted by atomic mass is 10.00. The number of nitrogens with one attached hydrogen (secondary N) is 1. The van der Waals surface area contributed by atoms with Crippen LogP contribution < -0.4 is 5.32 Å². The van der Waals surface area contributed by atoms with E-state index in [1.54, 1.807) is 0 Å². The monoisotopic (exact) mass is 766 g/mol. The molecule has 0 heterocycles. The van der Waals surface area contributed by atoms with E-state index in [9.17, 15) is 25.2 Å². The summed E-state index contributed by atoms with van der Waals surface area (Å²) >= 11 is 0. The first kappa shape index (κ1) is 53.0.